The van der Waals surface area contributed by atoms with Crippen molar-refractivity contribution >= 4 is 18.3 Å². The minimum Gasteiger partial charge on any atom is -0.458 e. The molecule has 0 heterocycles. The van der Waals surface area contributed by atoms with E-state index >= 15 is 0 Å². The number of nitrogens with one attached hydrogen (secondary N) is 1. The summed E-state index contributed by atoms with van der Waals surface area (Å²) in [6, 6.07) is -0.972. The maximum Gasteiger partial charge on any atom is 0.408 e. The fourth-order valence-corrected chi connectivity index (χ4v) is 1.19. The molecular weight excluding hydrogens is 264 g/mol. The molecule has 7 heteroatoms. The topological polar surface area (TPSA) is 97.2 Å². The Kier molecular flexibility index (Phi) is 6.48. The molecule has 1 atom stereocenters. The van der Waals surface area contributed by atoms with Crippen LogP contribution in [0.1, 0.15) is 48.0 Å². The van der Waals surface area contributed by atoms with E-state index in [9.17, 15) is 9.59 Å². The summed E-state index contributed by atoms with van der Waals surface area (Å²) >= 11 is 0. The van der Waals surface area contributed by atoms with Crippen molar-refractivity contribution in [2.75, 3.05) is 0 Å². The van der Waals surface area contributed by atoms with Crippen molar-refractivity contribution in [2.45, 2.75) is 65.2 Å². The highest BCUT2D eigenvalue weighted by molar-refractivity contribution is 5.84. The normalized spacial score (nSPS) is 13.9. The summed E-state index contributed by atoms with van der Waals surface area (Å²) in [4.78, 5) is 23.6. The van der Waals surface area contributed by atoms with E-state index in [2.05, 4.69) is 10.5 Å². The highest BCUT2D eigenvalue weighted by atomic mass is 16.6. The smallest absolute Gasteiger partial charge is 0.408 e. The summed E-state index contributed by atoms with van der Waals surface area (Å²) in [6.07, 6.45) is 0.371. The third kappa shape index (κ3) is 9.18. The Hall–Kier alpha value is -1.79. The molecule has 116 valence electrons. The van der Waals surface area contributed by atoms with Gasteiger partial charge in [-0.3, -0.25) is 0 Å². The van der Waals surface area contributed by atoms with Crippen LogP contribution in [0.5, 0.6) is 0 Å². The average Bonchev–Trinajstić information content (AvgIpc) is 2.18. The van der Waals surface area contributed by atoms with Crippen molar-refractivity contribution in [3.05, 3.63) is 0 Å². The lowest BCUT2D eigenvalue weighted by Crippen LogP contribution is -2.46. The molecule has 2 N–H and O–H groups in total. The van der Waals surface area contributed by atoms with E-state index in [4.69, 9.17) is 14.7 Å². The number of hydrogen-bond donors (Lipinski definition) is 2. The lowest BCUT2D eigenvalue weighted by atomic mass is 10.1. The molecule has 20 heavy (non-hydrogen) atoms. The van der Waals surface area contributed by atoms with Gasteiger partial charge in [0.1, 0.15) is 17.2 Å². The Labute approximate surface area is 119 Å². The monoisotopic (exact) mass is 288 g/mol. The number of alkyl carbamates (subject to hydrolysis) is 1. The largest absolute Gasteiger partial charge is 0.458 e. The van der Waals surface area contributed by atoms with Crippen molar-refractivity contribution in [3.63, 3.8) is 0 Å². The first-order valence-corrected chi connectivity index (χ1v) is 6.33. The van der Waals surface area contributed by atoms with Crippen molar-refractivity contribution in [2.24, 2.45) is 5.16 Å². The van der Waals surface area contributed by atoms with Gasteiger partial charge in [0.05, 0.1) is 0 Å². The molecule has 0 rings (SSSR count). The molecule has 0 aliphatic heterocycles. The van der Waals surface area contributed by atoms with Crippen LogP contribution in [-0.2, 0) is 14.3 Å². The first-order chi connectivity index (χ1) is 8.94. The number of carbonyl (C=O) groups excluding carboxylic acids is 2. The molecule has 0 radical (unpaired) electrons. The summed E-state index contributed by atoms with van der Waals surface area (Å²) in [5.41, 5.74) is -1.35. The Morgan fingerprint density at radius 1 is 1.15 bits per heavy atom. The van der Waals surface area contributed by atoms with E-state index in [0.717, 1.165) is 6.21 Å². The second kappa shape index (κ2) is 7.12. The molecule has 0 aromatic carbocycles. The number of ether oxygens (including phenoxy) is 2. The van der Waals surface area contributed by atoms with Crippen LogP contribution in [0.4, 0.5) is 4.79 Å². The summed E-state index contributed by atoms with van der Waals surface area (Å²) in [7, 11) is 0. The summed E-state index contributed by atoms with van der Waals surface area (Å²) in [5, 5.41) is 13.6. The van der Waals surface area contributed by atoms with Gasteiger partial charge >= 0.3 is 12.1 Å². The number of nitrogens with zero attached hydrogens (tertiary/aromatic N) is 1. The zero-order chi connectivity index (χ0) is 16.0. The highest BCUT2D eigenvalue weighted by Gasteiger charge is 2.28. The van der Waals surface area contributed by atoms with Gasteiger partial charge in [-0.1, -0.05) is 0 Å². The van der Waals surface area contributed by atoms with E-state index in [0.29, 0.717) is 0 Å². The van der Waals surface area contributed by atoms with Crippen LogP contribution in [0.25, 0.3) is 0 Å². The van der Waals surface area contributed by atoms with Crippen LogP contribution in [0.15, 0.2) is 5.16 Å². The second-order valence-electron chi connectivity index (χ2n) is 6.27. The molecule has 0 aromatic heterocycles. The van der Waals surface area contributed by atoms with Crippen molar-refractivity contribution in [3.8, 4) is 0 Å². The van der Waals surface area contributed by atoms with Gasteiger partial charge in [0.25, 0.3) is 0 Å². The molecule has 0 unspecified atom stereocenters. The quantitative estimate of drug-likeness (QED) is 0.357. The van der Waals surface area contributed by atoms with Gasteiger partial charge < -0.3 is 20.0 Å². The third-order valence-electron chi connectivity index (χ3n) is 1.81. The lowest BCUT2D eigenvalue weighted by molar-refractivity contribution is -0.157. The number of esters is 1. The van der Waals surface area contributed by atoms with Gasteiger partial charge in [-0.2, -0.15) is 0 Å². The summed E-state index contributed by atoms with van der Waals surface area (Å²) in [6.45, 7) is 10.3. The minimum atomic E-state index is -0.972. The van der Waals surface area contributed by atoms with Crippen LogP contribution in [-0.4, -0.2) is 40.7 Å². The number of oxime groups is 1. The SMILES string of the molecule is CC(C)(C)OC(=O)N[C@@H](C/C=N/O)C(=O)OC(C)(C)C. The molecule has 7 nitrogen and oxygen atoms in total. The van der Waals surface area contributed by atoms with E-state index < -0.39 is 29.3 Å². The number of amides is 1. The number of carbonyl (C=O) groups is 2. The van der Waals surface area contributed by atoms with Crippen LogP contribution >= 0.6 is 0 Å². The molecule has 0 saturated heterocycles. The van der Waals surface area contributed by atoms with E-state index in [-0.39, 0.29) is 6.42 Å². The van der Waals surface area contributed by atoms with Crippen molar-refractivity contribution in [1.82, 2.24) is 5.32 Å². The molecular formula is C13H24N2O5. The molecule has 0 bridgehead atoms. The summed E-state index contributed by atoms with van der Waals surface area (Å²) < 4.78 is 10.2. The van der Waals surface area contributed by atoms with Crippen LogP contribution < -0.4 is 5.32 Å². The minimum absolute atomic E-state index is 0.00462. The van der Waals surface area contributed by atoms with E-state index in [1.807, 2.05) is 0 Å². The number of rotatable bonds is 4. The van der Waals surface area contributed by atoms with Crippen molar-refractivity contribution in [1.29, 1.82) is 0 Å². The van der Waals surface area contributed by atoms with Crippen LogP contribution in [0.3, 0.4) is 0 Å². The Balaban J connectivity index is 4.72. The molecule has 0 aliphatic carbocycles. The third-order valence-corrected chi connectivity index (χ3v) is 1.81. The van der Waals surface area contributed by atoms with Gasteiger partial charge in [0.15, 0.2) is 0 Å². The maximum atomic E-state index is 11.9. The average molecular weight is 288 g/mol. The molecule has 0 spiro atoms. The van der Waals surface area contributed by atoms with Gasteiger partial charge in [-0.15, -0.1) is 5.16 Å². The zero-order valence-corrected chi connectivity index (χ0v) is 12.9. The van der Waals surface area contributed by atoms with Gasteiger partial charge in [-0.05, 0) is 41.5 Å². The second-order valence-corrected chi connectivity index (χ2v) is 6.27. The molecule has 0 saturated carbocycles. The highest BCUT2D eigenvalue weighted by Crippen LogP contribution is 2.11. The van der Waals surface area contributed by atoms with Crippen LogP contribution in [0, 0.1) is 0 Å². The summed E-state index contributed by atoms with van der Waals surface area (Å²) in [5.74, 6) is -0.622. The van der Waals surface area contributed by atoms with E-state index in [1.54, 1.807) is 41.5 Å². The first-order valence-electron chi connectivity index (χ1n) is 6.33. The van der Waals surface area contributed by atoms with Crippen LogP contribution in [0.2, 0.25) is 0 Å². The predicted octanol–water partition coefficient (Wildman–Crippen LogP) is 2.07. The zero-order valence-electron chi connectivity index (χ0n) is 12.9. The van der Waals surface area contributed by atoms with Gasteiger partial charge in [0.2, 0.25) is 0 Å². The lowest BCUT2D eigenvalue weighted by Gasteiger charge is -2.25. The molecule has 1 amide bonds. The Morgan fingerprint density at radius 2 is 1.65 bits per heavy atom. The van der Waals surface area contributed by atoms with Crippen molar-refractivity contribution < 1.29 is 24.3 Å². The Bertz CT molecular complexity index is 366. The van der Waals surface area contributed by atoms with E-state index in [1.165, 1.54) is 0 Å². The fourth-order valence-electron chi connectivity index (χ4n) is 1.19. The first kappa shape index (κ1) is 18.2. The number of hydrogen-bond acceptors (Lipinski definition) is 6. The fraction of sp³-hybridized carbons (Fsp3) is 0.769. The predicted molar refractivity (Wildman–Crippen MR) is 73.9 cm³/mol. The molecule has 0 fully saturated rings. The molecule has 0 aliphatic rings. The molecule has 0 aromatic rings. The standard InChI is InChI=1S/C13H24N2O5/c1-12(2,3)19-10(16)9(7-8-14-18)15-11(17)20-13(4,5)6/h8-9,18H,7H2,1-6H3,(H,15,17)/b14-8+/t9-/m0/s1. The van der Waals surface area contributed by atoms with Gasteiger partial charge in [0, 0.05) is 12.6 Å². The van der Waals surface area contributed by atoms with Gasteiger partial charge in [-0.25, -0.2) is 9.59 Å². The Morgan fingerprint density at radius 3 is 2.05 bits per heavy atom. The maximum absolute atomic E-state index is 11.9.